The van der Waals surface area contributed by atoms with Crippen molar-refractivity contribution in [2.75, 3.05) is 19.7 Å². The Balaban J connectivity index is 2.73. The molecule has 0 aromatic carbocycles. The van der Waals surface area contributed by atoms with Crippen molar-refractivity contribution in [3.8, 4) is 0 Å². The Kier molecular flexibility index (Phi) is 6.02. The second kappa shape index (κ2) is 6.99. The first-order valence-corrected chi connectivity index (χ1v) is 8.17. The number of amides is 2. The van der Waals surface area contributed by atoms with Gasteiger partial charge in [-0.25, -0.2) is 0 Å². The summed E-state index contributed by atoms with van der Waals surface area (Å²) in [5, 5.41) is 12.2. The summed E-state index contributed by atoms with van der Waals surface area (Å²) in [7, 11) is 0. The molecule has 0 aliphatic carbocycles. The van der Waals surface area contributed by atoms with Crippen LogP contribution in [0, 0.1) is 16.7 Å². The first kappa shape index (κ1) is 18.9. The summed E-state index contributed by atoms with van der Waals surface area (Å²) in [4.78, 5) is 26.5. The molecule has 0 aromatic rings. The smallest absolute Gasteiger partial charge is 0.247 e. The summed E-state index contributed by atoms with van der Waals surface area (Å²) >= 11 is 0. The highest BCUT2D eigenvalue weighted by Gasteiger charge is 2.35. The number of carbonyl (C=O) groups excluding carboxylic acids is 2. The lowest BCUT2D eigenvalue weighted by Crippen LogP contribution is -2.55. The lowest BCUT2D eigenvalue weighted by Gasteiger charge is -2.40. The van der Waals surface area contributed by atoms with Gasteiger partial charge in [-0.05, 0) is 24.2 Å². The van der Waals surface area contributed by atoms with Crippen molar-refractivity contribution >= 4 is 11.8 Å². The maximum atomic E-state index is 12.6. The summed E-state index contributed by atoms with van der Waals surface area (Å²) < 4.78 is 0. The molecule has 5 nitrogen and oxygen atoms in total. The van der Waals surface area contributed by atoms with Gasteiger partial charge in [0, 0.05) is 18.5 Å². The van der Waals surface area contributed by atoms with Gasteiger partial charge in [0.1, 0.15) is 6.04 Å². The molecule has 128 valence electrons. The van der Waals surface area contributed by atoms with Gasteiger partial charge in [-0.3, -0.25) is 9.59 Å². The van der Waals surface area contributed by atoms with Crippen molar-refractivity contribution < 1.29 is 14.7 Å². The van der Waals surface area contributed by atoms with E-state index in [9.17, 15) is 14.7 Å². The van der Waals surface area contributed by atoms with Gasteiger partial charge in [-0.2, -0.15) is 0 Å². The van der Waals surface area contributed by atoms with E-state index in [4.69, 9.17) is 0 Å². The number of nitrogens with one attached hydrogen (secondary N) is 1. The molecule has 1 rings (SSSR count). The topological polar surface area (TPSA) is 69.6 Å². The Bertz CT molecular complexity index is 407. The fourth-order valence-corrected chi connectivity index (χ4v) is 2.66. The molecule has 2 unspecified atom stereocenters. The summed E-state index contributed by atoms with van der Waals surface area (Å²) in [6, 6.07) is -0.842. The van der Waals surface area contributed by atoms with E-state index in [2.05, 4.69) is 26.1 Å². The van der Waals surface area contributed by atoms with Crippen molar-refractivity contribution in [2.24, 2.45) is 16.7 Å². The fourth-order valence-electron chi connectivity index (χ4n) is 2.66. The average molecular weight is 312 g/mol. The number of aliphatic hydroxyl groups is 1. The van der Waals surface area contributed by atoms with Crippen LogP contribution in [0.4, 0.5) is 0 Å². The molecule has 22 heavy (non-hydrogen) atoms. The zero-order valence-electron chi connectivity index (χ0n) is 14.9. The minimum atomic E-state index is -0.842. The Morgan fingerprint density at radius 2 is 1.82 bits per heavy atom. The maximum Gasteiger partial charge on any atom is 0.247 e. The van der Waals surface area contributed by atoms with Crippen LogP contribution in [0.3, 0.4) is 0 Å². The Labute approximate surface area is 134 Å². The zero-order chi connectivity index (χ0) is 17.1. The molecule has 2 atom stereocenters. The number of hydrogen-bond acceptors (Lipinski definition) is 3. The average Bonchev–Trinajstić information content (AvgIpc) is 2.42. The van der Waals surface area contributed by atoms with Crippen LogP contribution < -0.4 is 5.32 Å². The third-order valence-electron chi connectivity index (χ3n) is 4.42. The summed E-state index contributed by atoms with van der Waals surface area (Å²) in [6.45, 7) is 13.0. The molecule has 1 aliphatic rings. The Morgan fingerprint density at radius 1 is 1.23 bits per heavy atom. The van der Waals surface area contributed by atoms with Crippen LogP contribution in [0.15, 0.2) is 0 Å². The van der Waals surface area contributed by atoms with Crippen LogP contribution in [0.1, 0.15) is 54.4 Å². The maximum absolute atomic E-state index is 12.6. The first-order chi connectivity index (χ1) is 9.96. The fraction of sp³-hybridized carbons (Fsp3) is 0.882. The summed E-state index contributed by atoms with van der Waals surface area (Å²) in [6.07, 6.45) is 2.09. The molecule has 0 aromatic heterocycles. The van der Waals surface area contributed by atoms with E-state index in [0.717, 1.165) is 12.8 Å². The van der Waals surface area contributed by atoms with Crippen LogP contribution in [0.2, 0.25) is 0 Å². The number of piperidine rings is 1. The number of carbonyl (C=O) groups is 2. The van der Waals surface area contributed by atoms with Gasteiger partial charge in [0.25, 0.3) is 0 Å². The summed E-state index contributed by atoms with van der Waals surface area (Å²) in [5.74, 6) is 0.0567. The van der Waals surface area contributed by atoms with Crippen LogP contribution in [0.25, 0.3) is 0 Å². The zero-order valence-corrected chi connectivity index (χ0v) is 14.9. The van der Waals surface area contributed by atoms with E-state index in [1.54, 1.807) is 25.7 Å². The van der Waals surface area contributed by atoms with Gasteiger partial charge in [0.05, 0.1) is 6.61 Å². The number of hydrogen-bond donors (Lipinski definition) is 2. The van der Waals surface area contributed by atoms with Crippen LogP contribution in [-0.4, -0.2) is 47.6 Å². The second-order valence-electron chi connectivity index (χ2n) is 8.45. The minimum Gasteiger partial charge on any atom is -0.394 e. The monoisotopic (exact) mass is 312 g/mol. The van der Waals surface area contributed by atoms with E-state index in [-0.39, 0.29) is 23.8 Å². The molecule has 2 N–H and O–H groups in total. The molecule has 1 aliphatic heterocycles. The highest BCUT2D eigenvalue weighted by atomic mass is 16.3. The predicted molar refractivity (Wildman–Crippen MR) is 87.2 cm³/mol. The summed E-state index contributed by atoms with van der Waals surface area (Å²) in [5.41, 5.74) is -0.425. The molecule has 1 heterocycles. The van der Waals surface area contributed by atoms with Gasteiger partial charge in [0.2, 0.25) is 11.8 Å². The molecule has 1 saturated heterocycles. The minimum absolute atomic E-state index is 0.155. The van der Waals surface area contributed by atoms with Gasteiger partial charge in [-0.1, -0.05) is 41.5 Å². The molecule has 0 saturated carbocycles. The Hall–Kier alpha value is -1.10. The number of likely N-dealkylation sites (tertiary alicyclic amines) is 1. The van der Waals surface area contributed by atoms with Crippen molar-refractivity contribution in [1.82, 2.24) is 10.2 Å². The molecule has 0 spiro atoms. The van der Waals surface area contributed by atoms with E-state index in [0.29, 0.717) is 19.0 Å². The molecular weight excluding hydrogens is 280 g/mol. The highest BCUT2D eigenvalue weighted by Crippen LogP contribution is 2.33. The molecule has 2 amide bonds. The lowest BCUT2D eigenvalue weighted by molar-refractivity contribution is -0.141. The van der Waals surface area contributed by atoms with E-state index in [1.165, 1.54) is 0 Å². The van der Waals surface area contributed by atoms with Crippen LogP contribution in [-0.2, 0) is 9.59 Å². The van der Waals surface area contributed by atoms with Crippen molar-refractivity contribution in [2.45, 2.75) is 60.4 Å². The SMILES string of the molecule is CC(C)(C)C(=O)NC(CO)C(=O)N1CCCC(C(C)(C)C)C1. The highest BCUT2D eigenvalue weighted by molar-refractivity contribution is 5.89. The molecular formula is C17H32N2O3. The van der Waals surface area contributed by atoms with Gasteiger partial charge < -0.3 is 15.3 Å². The van der Waals surface area contributed by atoms with E-state index in [1.807, 2.05) is 0 Å². The standard InChI is InChI=1S/C17H32N2O3/c1-16(2,3)12-8-7-9-19(10-12)14(21)13(11-20)18-15(22)17(4,5)6/h12-13,20H,7-11H2,1-6H3,(H,18,22). The number of rotatable bonds is 3. The van der Waals surface area contributed by atoms with Crippen LogP contribution >= 0.6 is 0 Å². The molecule has 1 fully saturated rings. The molecule has 0 bridgehead atoms. The molecule has 0 radical (unpaired) electrons. The van der Waals surface area contributed by atoms with Crippen molar-refractivity contribution in [1.29, 1.82) is 0 Å². The first-order valence-electron chi connectivity index (χ1n) is 8.17. The number of nitrogens with zero attached hydrogens (tertiary/aromatic N) is 1. The van der Waals surface area contributed by atoms with Gasteiger partial charge in [-0.15, -0.1) is 0 Å². The van der Waals surface area contributed by atoms with Crippen molar-refractivity contribution in [3.05, 3.63) is 0 Å². The molecule has 5 heteroatoms. The van der Waals surface area contributed by atoms with E-state index >= 15 is 0 Å². The lowest BCUT2D eigenvalue weighted by atomic mass is 9.76. The van der Waals surface area contributed by atoms with Gasteiger partial charge >= 0.3 is 0 Å². The normalized spacial score (nSPS) is 21.4. The third kappa shape index (κ3) is 4.97. The quantitative estimate of drug-likeness (QED) is 0.835. The second-order valence-corrected chi connectivity index (χ2v) is 8.45. The van der Waals surface area contributed by atoms with Crippen LogP contribution in [0.5, 0.6) is 0 Å². The largest absolute Gasteiger partial charge is 0.394 e. The van der Waals surface area contributed by atoms with Crippen molar-refractivity contribution in [3.63, 3.8) is 0 Å². The van der Waals surface area contributed by atoms with E-state index < -0.39 is 11.5 Å². The predicted octanol–water partition coefficient (Wildman–Crippen LogP) is 1.79. The van der Waals surface area contributed by atoms with Gasteiger partial charge in [0.15, 0.2) is 0 Å². The number of aliphatic hydroxyl groups excluding tert-OH is 1. The third-order valence-corrected chi connectivity index (χ3v) is 4.42. The Morgan fingerprint density at radius 3 is 2.27 bits per heavy atom.